The zero-order chi connectivity index (χ0) is 15.9. The summed E-state index contributed by atoms with van der Waals surface area (Å²) in [6, 6.07) is 0. The standard InChI is InChI=1S/C10H14N5O6P.H2O/c11-9-8-10(13-3-12-9)15(4-14-8)7-1-5(16)6(21-7)2-20-22(17,18)19;/h3-7,16H,1-2H2,(H2,11,12,13)(H2,17,18,19);1H2/t5?,6?,7-;/m1./s1. The maximum Gasteiger partial charge on any atom is 0.469 e. The molecule has 0 amide bonds. The zero-order valence-corrected chi connectivity index (χ0v) is 12.6. The zero-order valence-electron chi connectivity index (χ0n) is 11.7. The Morgan fingerprint density at radius 3 is 2.87 bits per heavy atom. The van der Waals surface area contributed by atoms with E-state index >= 15 is 0 Å². The van der Waals surface area contributed by atoms with E-state index in [0.717, 1.165) is 0 Å². The second-order valence-corrected chi connectivity index (χ2v) is 6.04. The number of aromatic nitrogens is 4. The van der Waals surface area contributed by atoms with Crippen molar-refractivity contribution >= 4 is 24.8 Å². The number of nitrogens with two attached hydrogens (primary N) is 1. The number of ether oxygens (including phenoxy) is 1. The first kappa shape index (κ1) is 17.7. The molecule has 3 atom stereocenters. The molecule has 0 spiro atoms. The van der Waals surface area contributed by atoms with Gasteiger partial charge in [0, 0.05) is 6.42 Å². The highest BCUT2D eigenvalue weighted by Gasteiger charge is 2.37. The van der Waals surface area contributed by atoms with Crippen LogP contribution in [0, 0.1) is 0 Å². The molecule has 1 aliphatic heterocycles. The van der Waals surface area contributed by atoms with Gasteiger partial charge in [-0.05, 0) is 0 Å². The van der Waals surface area contributed by atoms with Crippen LogP contribution in [-0.4, -0.2) is 58.7 Å². The Hall–Kier alpha value is -1.66. The van der Waals surface area contributed by atoms with Crippen LogP contribution in [-0.2, 0) is 13.8 Å². The fourth-order valence-corrected chi connectivity index (χ4v) is 2.63. The van der Waals surface area contributed by atoms with E-state index in [2.05, 4.69) is 19.5 Å². The number of aliphatic hydroxyl groups excluding tert-OH is 1. The number of anilines is 1. The summed E-state index contributed by atoms with van der Waals surface area (Å²) in [4.78, 5) is 29.4. The normalized spacial score (nSPS) is 24.7. The first-order valence-corrected chi connectivity index (χ1v) is 7.85. The highest BCUT2D eigenvalue weighted by atomic mass is 31.2. The minimum Gasteiger partial charge on any atom is -0.412 e. The third kappa shape index (κ3) is 3.64. The average Bonchev–Trinajstić information content (AvgIpc) is 3.00. The molecular formula is C10H16N5O7P. The van der Waals surface area contributed by atoms with Crippen molar-refractivity contribution in [3.63, 3.8) is 0 Å². The van der Waals surface area contributed by atoms with Gasteiger partial charge < -0.3 is 30.8 Å². The van der Waals surface area contributed by atoms with Crippen LogP contribution in [0.3, 0.4) is 0 Å². The third-order valence-corrected chi connectivity index (χ3v) is 3.79. The molecule has 3 rings (SSSR count). The lowest BCUT2D eigenvalue weighted by atomic mass is 10.2. The van der Waals surface area contributed by atoms with Gasteiger partial charge in [0.2, 0.25) is 0 Å². The number of rotatable bonds is 4. The Balaban J connectivity index is 0.00000192. The molecule has 2 aromatic heterocycles. The molecule has 0 saturated carbocycles. The van der Waals surface area contributed by atoms with Crippen molar-refractivity contribution in [3.05, 3.63) is 12.7 Å². The van der Waals surface area contributed by atoms with Crippen LogP contribution in [0.1, 0.15) is 12.6 Å². The lowest BCUT2D eigenvalue weighted by Gasteiger charge is -2.16. The first-order chi connectivity index (χ1) is 10.3. The van der Waals surface area contributed by atoms with E-state index in [1.807, 2.05) is 0 Å². The van der Waals surface area contributed by atoms with Gasteiger partial charge in [-0.1, -0.05) is 0 Å². The second kappa shape index (κ2) is 6.45. The summed E-state index contributed by atoms with van der Waals surface area (Å²) in [7, 11) is -4.62. The Kier molecular flexibility index (Phi) is 4.96. The topological polar surface area (TPSA) is 197 Å². The van der Waals surface area contributed by atoms with Crippen LogP contribution in [0.2, 0.25) is 0 Å². The van der Waals surface area contributed by atoms with Gasteiger partial charge in [0.25, 0.3) is 0 Å². The van der Waals surface area contributed by atoms with Gasteiger partial charge in [0.05, 0.1) is 19.0 Å². The van der Waals surface area contributed by atoms with Crippen LogP contribution in [0.25, 0.3) is 11.2 Å². The van der Waals surface area contributed by atoms with Crippen molar-refractivity contribution in [1.82, 2.24) is 19.5 Å². The van der Waals surface area contributed by atoms with Crippen LogP contribution in [0.5, 0.6) is 0 Å². The summed E-state index contributed by atoms with van der Waals surface area (Å²) in [5.74, 6) is 0.226. The monoisotopic (exact) mass is 349 g/mol. The molecule has 128 valence electrons. The molecule has 0 aliphatic carbocycles. The molecule has 7 N–H and O–H groups in total. The predicted molar refractivity (Wildman–Crippen MR) is 75.9 cm³/mol. The van der Waals surface area contributed by atoms with Crippen molar-refractivity contribution in [1.29, 1.82) is 0 Å². The van der Waals surface area contributed by atoms with E-state index in [9.17, 15) is 9.67 Å². The first-order valence-electron chi connectivity index (χ1n) is 6.32. The summed E-state index contributed by atoms with van der Waals surface area (Å²) in [6.07, 6.45) is 0.543. The van der Waals surface area contributed by atoms with E-state index in [1.54, 1.807) is 4.57 Å². The molecule has 1 aliphatic rings. The maximum atomic E-state index is 10.7. The Morgan fingerprint density at radius 1 is 1.43 bits per heavy atom. The number of phosphoric ester groups is 1. The van der Waals surface area contributed by atoms with Crippen molar-refractivity contribution < 1.29 is 34.2 Å². The van der Waals surface area contributed by atoms with Crippen molar-refractivity contribution in [2.45, 2.75) is 24.9 Å². The molecule has 23 heavy (non-hydrogen) atoms. The molecule has 0 aromatic carbocycles. The van der Waals surface area contributed by atoms with Crippen molar-refractivity contribution in [2.24, 2.45) is 0 Å². The number of imidazole rings is 1. The predicted octanol–water partition coefficient (Wildman–Crippen LogP) is -1.66. The number of phosphoric acid groups is 1. The van der Waals surface area contributed by atoms with Gasteiger partial charge in [-0.3, -0.25) is 9.09 Å². The Labute approximate surface area is 129 Å². The molecule has 2 unspecified atom stereocenters. The van der Waals surface area contributed by atoms with Crippen LogP contribution < -0.4 is 5.73 Å². The molecule has 1 fully saturated rings. The minimum atomic E-state index is -4.62. The van der Waals surface area contributed by atoms with Crippen molar-refractivity contribution in [2.75, 3.05) is 12.3 Å². The van der Waals surface area contributed by atoms with Gasteiger partial charge >= 0.3 is 7.82 Å². The van der Waals surface area contributed by atoms with Crippen LogP contribution >= 0.6 is 7.82 Å². The number of aliphatic hydroxyl groups is 1. The number of nitrogens with zero attached hydrogens (tertiary/aromatic N) is 4. The maximum absolute atomic E-state index is 10.7. The van der Waals surface area contributed by atoms with E-state index < -0.39 is 32.9 Å². The fourth-order valence-electron chi connectivity index (χ4n) is 2.29. The van der Waals surface area contributed by atoms with E-state index in [0.29, 0.717) is 11.2 Å². The summed E-state index contributed by atoms with van der Waals surface area (Å²) < 4.78 is 22.2. The molecule has 12 nitrogen and oxygen atoms in total. The van der Waals surface area contributed by atoms with Crippen molar-refractivity contribution in [3.8, 4) is 0 Å². The molecule has 0 radical (unpaired) electrons. The van der Waals surface area contributed by atoms with E-state index in [-0.39, 0.29) is 17.7 Å². The lowest BCUT2D eigenvalue weighted by molar-refractivity contribution is -0.0424. The number of fused-ring (bicyclic) bond motifs is 1. The third-order valence-electron chi connectivity index (χ3n) is 3.31. The lowest BCUT2D eigenvalue weighted by Crippen LogP contribution is -2.25. The summed E-state index contributed by atoms with van der Waals surface area (Å²) >= 11 is 0. The smallest absolute Gasteiger partial charge is 0.412 e. The highest BCUT2D eigenvalue weighted by Crippen LogP contribution is 2.38. The average molecular weight is 349 g/mol. The van der Waals surface area contributed by atoms with Gasteiger partial charge in [0.1, 0.15) is 24.2 Å². The van der Waals surface area contributed by atoms with Crippen LogP contribution in [0.15, 0.2) is 12.7 Å². The Bertz CT molecular complexity index is 733. The quantitative estimate of drug-likeness (QED) is 0.463. The largest absolute Gasteiger partial charge is 0.469 e. The molecule has 13 heteroatoms. The molecule has 2 aromatic rings. The Morgan fingerprint density at radius 2 is 2.17 bits per heavy atom. The van der Waals surface area contributed by atoms with E-state index in [1.165, 1.54) is 12.7 Å². The summed E-state index contributed by atoms with van der Waals surface area (Å²) in [6.45, 7) is -0.425. The minimum absolute atomic E-state index is 0. The number of hydrogen-bond acceptors (Lipinski definition) is 8. The van der Waals surface area contributed by atoms with E-state index in [4.69, 9.17) is 20.3 Å². The van der Waals surface area contributed by atoms with Gasteiger partial charge in [0.15, 0.2) is 11.5 Å². The second-order valence-electron chi connectivity index (χ2n) is 4.80. The molecule has 0 bridgehead atoms. The molecular weight excluding hydrogens is 333 g/mol. The molecule has 3 heterocycles. The van der Waals surface area contributed by atoms with Gasteiger partial charge in [-0.15, -0.1) is 0 Å². The number of hydrogen-bond donors (Lipinski definition) is 4. The SMILES string of the molecule is Nc1ncnc2c1ncn2[C@H]1CC(O)C(COP(=O)(O)O)O1.O. The van der Waals surface area contributed by atoms with Gasteiger partial charge in [-0.25, -0.2) is 19.5 Å². The van der Waals surface area contributed by atoms with Gasteiger partial charge in [-0.2, -0.15) is 0 Å². The molecule has 1 saturated heterocycles. The number of nitrogen functional groups attached to an aromatic ring is 1. The highest BCUT2D eigenvalue weighted by molar-refractivity contribution is 7.46. The fraction of sp³-hybridized carbons (Fsp3) is 0.500. The summed E-state index contributed by atoms with van der Waals surface area (Å²) in [5.41, 5.74) is 6.55. The summed E-state index contributed by atoms with van der Waals surface area (Å²) in [5, 5.41) is 9.93. The van der Waals surface area contributed by atoms with Crippen LogP contribution in [0.4, 0.5) is 5.82 Å².